The first-order valence-corrected chi connectivity index (χ1v) is 8.32. The smallest absolute Gasteiger partial charge is 0.290 e. The van der Waals surface area contributed by atoms with Crippen LogP contribution < -0.4 is 15.8 Å². The first-order chi connectivity index (χ1) is 10.6. The molecule has 0 aromatic carbocycles. The molecule has 2 aliphatic rings. The third kappa shape index (κ3) is 3.67. The van der Waals surface area contributed by atoms with E-state index < -0.39 is 0 Å². The maximum atomic E-state index is 11.9. The number of hydrogen-bond acceptors (Lipinski definition) is 5. The van der Waals surface area contributed by atoms with E-state index >= 15 is 0 Å². The number of aromatic amines is 1. The van der Waals surface area contributed by atoms with Crippen molar-refractivity contribution in [2.75, 3.05) is 18.0 Å². The van der Waals surface area contributed by atoms with Crippen molar-refractivity contribution in [2.24, 2.45) is 0 Å². The summed E-state index contributed by atoms with van der Waals surface area (Å²) in [5, 5.41) is 3.78. The molecule has 3 heterocycles. The van der Waals surface area contributed by atoms with E-state index in [4.69, 9.17) is 4.74 Å². The Morgan fingerprint density at radius 3 is 2.82 bits per heavy atom. The number of anilines is 1. The SMILES string of the molecule is C[C@@H]1CC(N[C@H]2CCCN(c3ncc[nH]c3=O)C2)C[C@@H](C)O1. The van der Waals surface area contributed by atoms with Gasteiger partial charge in [0.2, 0.25) is 0 Å². The molecule has 1 aromatic heterocycles. The normalized spacial score (nSPS) is 32.9. The number of piperidine rings is 1. The highest BCUT2D eigenvalue weighted by molar-refractivity contribution is 5.36. The quantitative estimate of drug-likeness (QED) is 0.880. The molecule has 0 unspecified atom stereocenters. The first kappa shape index (κ1) is 15.5. The van der Waals surface area contributed by atoms with Gasteiger partial charge in [0.25, 0.3) is 5.56 Å². The van der Waals surface area contributed by atoms with Crippen molar-refractivity contribution < 1.29 is 4.74 Å². The molecule has 2 fully saturated rings. The van der Waals surface area contributed by atoms with Gasteiger partial charge in [-0.3, -0.25) is 4.79 Å². The van der Waals surface area contributed by atoms with E-state index in [1.54, 1.807) is 12.4 Å². The molecule has 2 saturated heterocycles. The summed E-state index contributed by atoms with van der Waals surface area (Å²) < 4.78 is 5.81. The average molecular weight is 306 g/mol. The molecule has 0 bridgehead atoms. The Morgan fingerprint density at radius 2 is 2.09 bits per heavy atom. The Labute approximate surface area is 131 Å². The van der Waals surface area contributed by atoms with Gasteiger partial charge in [0, 0.05) is 37.6 Å². The second kappa shape index (κ2) is 6.79. The van der Waals surface area contributed by atoms with Crippen LogP contribution in [-0.4, -0.2) is 47.3 Å². The molecule has 2 N–H and O–H groups in total. The van der Waals surface area contributed by atoms with Crippen molar-refractivity contribution in [3.63, 3.8) is 0 Å². The second-order valence-corrected chi connectivity index (χ2v) is 6.62. The van der Waals surface area contributed by atoms with E-state index in [1.165, 1.54) is 0 Å². The Hall–Kier alpha value is -1.40. The summed E-state index contributed by atoms with van der Waals surface area (Å²) in [5.74, 6) is 0.544. The van der Waals surface area contributed by atoms with Gasteiger partial charge in [-0.25, -0.2) is 4.98 Å². The van der Waals surface area contributed by atoms with Gasteiger partial charge in [-0.15, -0.1) is 0 Å². The minimum Gasteiger partial charge on any atom is -0.375 e. The van der Waals surface area contributed by atoms with Crippen LogP contribution in [-0.2, 0) is 4.74 Å². The van der Waals surface area contributed by atoms with Crippen LogP contribution in [0.3, 0.4) is 0 Å². The molecule has 0 amide bonds. The lowest BCUT2D eigenvalue weighted by atomic mass is 9.97. The molecule has 0 aliphatic carbocycles. The molecule has 2 aliphatic heterocycles. The topological polar surface area (TPSA) is 70.2 Å². The van der Waals surface area contributed by atoms with Crippen molar-refractivity contribution in [3.05, 3.63) is 22.7 Å². The average Bonchev–Trinajstić information content (AvgIpc) is 2.47. The lowest BCUT2D eigenvalue weighted by molar-refractivity contribution is -0.0437. The highest BCUT2D eigenvalue weighted by atomic mass is 16.5. The maximum Gasteiger partial charge on any atom is 0.290 e. The van der Waals surface area contributed by atoms with Crippen LogP contribution in [0.5, 0.6) is 0 Å². The van der Waals surface area contributed by atoms with Crippen LogP contribution in [0.4, 0.5) is 5.82 Å². The molecule has 3 atom stereocenters. The Balaban J connectivity index is 1.61. The third-order valence-electron chi connectivity index (χ3n) is 4.58. The summed E-state index contributed by atoms with van der Waals surface area (Å²) >= 11 is 0. The lowest BCUT2D eigenvalue weighted by Gasteiger charge is -2.39. The summed E-state index contributed by atoms with van der Waals surface area (Å²) in [6.45, 7) is 6.04. The van der Waals surface area contributed by atoms with Crippen molar-refractivity contribution >= 4 is 5.82 Å². The highest BCUT2D eigenvalue weighted by Crippen LogP contribution is 2.21. The summed E-state index contributed by atoms with van der Waals surface area (Å²) in [7, 11) is 0. The Bertz CT molecular complexity index is 537. The Morgan fingerprint density at radius 1 is 1.32 bits per heavy atom. The Kier molecular flexibility index (Phi) is 4.78. The first-order valence-electron chi connectivity index (χ1n) is 8.32. The van der Waals surface area contributed by atoms with E-state index in [1.807, 2.05) is 0 Å². The molecule has 3 rings (SSSR count). The molecule has 0 spiro atoms. The van der Waals surface area contributed by atoms with E-state index in [2.05, 4.69) is 34.0 Å². The minimum atomic E-state index is -0.100. The van der Waals surface area contributed by atoms with Crippen molar-refractivity contribution in [1.82, 2.24) is 15.3 Å². The fourth-order valence-corrected chi connectivity index (χ4v) is 3.75. The molecule has 1 aromatic rings. The van der Waals surface area contributed by atoms with Crippen molar-refractivity contribution in [1.29, 1.82) is 0 Å². The predicted molar refractivity (Wildman–Crippen MR) is 86.3 cm³/mol. The van der Waals surface area contributed by atoms with E-state index in [0.29, 0.717) is 30.1 Å². The third-order valence-corrected chi connectivity index (χ3v) is 4.58. The van der Waals surface area contributed by atoms with Crippen LogP contribution in [0, 0.1) is 0 Å². The summed E-state index contributed by atoms with van der Waals surface area (Å²) in [5.41, 5.74) is -0.100. The van der Waals surface area contributed by atoms with E-state index in [0.717, 1.165) is 38.8 Å². The molecule has 22 heavy (non-hydrogen) atoms. The fraction of sp³-hybridized carbons (Fsp3) is 0.750. The van der Waals surface area contributed by atoms with Crippen LogP contribution in [0.2, 0.25) is 0 Å². The van der Waals surface area contributed by atoms with Crippen molar-refractivity contribution in [3.8, 4) is 0 Å². The van der Waals surface area contributed by atoms with E-state index in [9.17, 15) is 4.79 Å². The van der Waals surface area contributed by atoms with Gasteiger partial charge in [0.1, 0.15) is 0 Å². The van der Waals surface area contributed by atoms with Gasteiger partial charge in [-0.2, -0.15) is 0 Å². The van der Waals surface area contributed by atoms with Gasteiger partial charge in [0.05, 0.1) is 12.2 Å². The number of nitrogens with zero attached hydrogens (tertiary/aromatic N) is 2. The molecule has 6 nitrogen and oxygen atoms in total. The number of rotatable bonds is 3. The van der Waals surface area contributed by atoms with Gasteiger partial charge in [-0.05, 0) is 39.5 Å². The molecule has 6 heteroatoms. The number of aromatic nitrogens is 2. The van der Waals surface area contributed by atoms with Gasteiger partial charge in [0.15, 0.2) is 5.82 Å². The monoisotopic (exact) mass is 306 g/mol. The zero-order chi connectivity index (χ0) is 15.5. The van der Waals surface area contributed by atoms with Gasteiger partial charge >= 0.3 is 0 Å². The molecule has 0 saturated carbocycles. The second-order valence-electron chi connectivity index (χ2n) is 6.62. The van der Waals surface area contributed by atoms with E-state index in [-0.39, 0.29) is 5.56 Å². The predicted octanol–water partition coefficient (Wildman–Crippen LogP) is 1.28. The maximum absolute atomic E-state index is 11.9. The lowest BCUT2D eigenvalue weighted by Crippen LogP contribution is -2.52. The van der Waals surface area contributed by atoms with Gasteiger partial charge < -0.3 is 19.9 Å². The zero-order valence-electron chi connectivity index (χ0n) is 13.4. The molecule has 0 radical (unpaired) electrons. The highest BCUT2D eigenvalue weighted by Gasteiger charge is 2.29. The number of hydrogen-bond donors (Lipinski definition) is 2. The number of ether oxygens (including phenoxy) is 1. The molecular weight excluding hydrogens is 280 g/mol. The summed E-state index contributed by atoms with van der Waals surface area (Å²) in [4.78, 5) is 21.0. The van der Waals surface area contributed by atoms with Crippen LogP contribution >= 0.6 is 0 Å². The standard InChI is InChI=1S/C16H26N4O2/c1-11-8-14(9-12(2)22-11)19-13-4-3-7-20(10-13)15-16(21)18-6-5-17-15/h5-6,11-14,19H,3-4,7-10H2,1-2H3,(H,18,21)/t11-,12-,13+/m1/s1. The van der Waals surface area contributed by atoms with Gasteiger partial charge in [-0.1, -0.05) is 0 Å². The fourth-order valence-electron chi connectivity index (χ4n) is 3.75. The number of nitrogens with one attached hydrogen (secondary N) is 2. The molecular formula is C16H26N4O2. The summed E-state index contributed by atoms with van der Waals surface area (Å²) in [6, 6.07) is 0.920. The molecule has 122 valence electrons. The van der Waals surface area contributed by atoms with Crippen LogP contribution in [0.1, 0.15) is 39.5 Å². The van der Waals surface area contributed by atoms with Crippen LogP contribution in [0.25, 0.3) is 0 Å². The number of H-pyrrole nitrogens is 1. The zero-order valence-corrected chi connectivity index (χ0v) is 13.4. The van der Waals surface area contributed by atoms with Crippen LogP contribution in [0.15, 0.2) is 17.2 Å². The largest absolute Gasteiger partial charge is 0.375 e. The van der Waals surface area contributed by atoms with Crippen molar-refractivity contribution in [2.45, 2.75) is 63.8 Å². The minimum absolute atomic E-state index is 0.100. The summed E-state index contributed by atoms with van der Waals surface area (Å²) in [6.07, 6.45) is 8.23.